The van der Waals surface area contributed by atoms with Gasteiger partial charge in [0, 0.05) is 18.5 Å². The number of rotatable bonds is 4. The fourth-order valence-electron chi connectivity index (χ4n) is 4.42. The fourth-order valence-corrected chi connectivity index (χ4v) is 5.55. The summed E-state index contributed by atoms with van der Waals surface area (Å²) in [7, 11) is 0. The van der Waals surface area contributed by atoms with Crippen LogP contribution in [0.1, 0.15) is 23.3 Å². The number of nitrogens with zero attached hydrogens (tertiary/aromatic N) is 4. The van der Waals surface area contributed by atoms with Gasteiger partial charge in [-0.05, 0) is 42.5 Å². The number of aryl methyl sites for hydroxylation is 1. The van der Waals surface area contributed by atoms with Gasteiger partial charge in [0.1, 0.15) is 28.6 Å². The normalized spacial score (nSPS) is 16.6. The maximum Gasteiger partial charge on any atom is 0.147 e. The van der Waals surface area contributed by atoms with Gasteiger partial charge in [-0.2, -0.15) is 0 Å². The summed E-state index contributed by atoms with van der Waals surface area (Å²) in [5, 5.41) is 4.63. The number of hydrogen-bond donors (Lipinski definition) is 1. The largest absolute Gasteiger partial charge is 0.467 e. The molecule has 7 nitrogen and oxygen atoms in total. The number of morpholine rings is 1. The molecule has 1 N–H and O–H groups in total. The SMILES string of the molecule is c1coc(CNc2ncnc3c2sc2nc(N4CCOCC4)c4c(c23)CCC4)c1. The highest BCUT2D eigenvalue weighted by Gasteiger charge is 2.27. The highest BCUT2D eigenvalue weighted by molar-refractivity contribution is 7.26. The molecule has 1 aliphatic heterocycles. The third-order valence-corrected chi connectivity index (χ3v) is 6.85. The minimum absolute atomic E-state index is 0.595. The minimum atomic E-state index is 0.595. The molecule has 6 rings (SSSR count). The Morgan fingerprint density at radius 3 is 2.90 bits per heavy atom. The summed E-state index contributed by atoms with van der Waals surface area (Å²) in [6.45, 7) is 3.95. The lowest BCUT2D eigenvalue weighted by atomic mass is 10.1. The molecule has 29 heavy (non-hydrogen) atoms. The smallest absolute Gasteiger partial charge is 0.147 e. The number of ether oxygens (including phenoxy) is 1. The number of anilines is 2. The lowest BCUT2D eigenvalue weighted by molar-refractivity contribution is 0.122. The summed E-state index contributed by atoms with van der Waals surface area (Å²) in [6, 6.07) is 3.85. The minimum Gasteiger partial charge on any atom is -0.467 e. The van der Waals surface area contributed by atoms with E-state index in [0.29, 0.717) is 6.54 Å². The molecule has 4 aromatic heterocycles. The Bertz CT molecular complexity index is 1180. The van der Waals surface area contributed by atoms with Crippen molar-refractivity contribution in [3.63, 3.8) is 0 Å². The molecule has 1 aliphatic carbocycles. The zero-order valence-corrected chi connectivity index (χ0v) is 16.8. The lowest BCUT2D eigenvalue weighted by Crippen LogP contribution is -2.37. The predicted molar refractivity (Wildman–Crippen MR) is 114 cm³/mol. The van der Waals surface area contributed by atoms with Gasteiger partial charge in [-0.15, -0.1) is 11.3 Å². The summed E-state index contributed by atoms with van der Waals surface area (Å²) >= 11 is 1.68. The van der Waals surface area contributed by atoms with Crippen molar-refractivity contribution in [3.8, 4) is 0 Å². The molecule has 0 radical (unpaired) electrons. The molecule has 2 aliphatic rings. The molecule has 8 heteroatoms. The van der Waals surface area contributed by atoms with E-state index in [4.69, 9.17) is 14.1 Å². The van der Waals surface area contributed by atoms with Gasteiger partial charge in [0.25, 0.3) is 0 Å². The van der Waals surface area contributed by atoms with E-state index in [1.54, 1.807) is 23.9 Å². The van der Waals surface area contributed by atoms with Crippen molar-refractivity contribution in [3.05, 3.63) is 41.6 Å². The summed E-state index contributed by atoms with van der Waals surface area (Å²) < 4.78 is 12.1. The Labute approximate surface area is 171 Å². The van der Waals surface area contributed by atoms with Gasteiger partial charge in [0.15, 0.2) is 0 Å². The second-order valence-corrected chi connectivity index (χ2v) is 8.46. The Morgan fingerprint density at radius 2 is 2.03 bits per heavy atom. The molecule has 1 fully saturated rings. The Kier molecular flexibility index (Phi) is 4.12. The molecule has 148 valence electrons. The van der Waals surface area contributed by atoms with Gasteiger partial charge in [-0.25, -0.2) is 15.0 Å². The van der Waals surface area contributed by atoms with Crippen LogP contribution in [-0.2, 0) is 24.1 Å². The monoisotopic (exact) mass is 407 g/mol. The van der Waals surface area contributed by atoms with E-state index in [2.05, 4.69) is 20.2 Å². The van der Waals surface area contributed by atoms with Crippen LogP contribution < -0.4 is 10.2 Å². The third-order valence-electron chi connectivity index (χ3n) is 5.77. The van der Waals surface area contributed by atoms with Gasteiger partial charge < -0.3 is 19.4 Å². The third kappa shape index (κ3) is 2.86. The maximum absolute atomic E-state index is 5.55. The summed E-state index contributed by atoms with van der Waals surface area (Å²) in [4.78, 5) is 17.7. The van der Waals surface area contributed by atoms with Gasteiger partial charge in [-0.1, -0.05) is 0 Å². The van der Waals surface area contributed by atoms with Gasteiger partial charge in [0.2, 0.25) is 0 Å². The van der Waals surface area contributed by atoms with Gasteiger partial charge in [-0.3, -0.25) is 0 Å². The number of aromatic nitrogens is 3. The number of thiophene rings is 1. The molecule has 1 saturated heterocycles. The number of pyridine rings is 1. The number of hydrogen-bond acceptors (Lipinski definition) is 8. The molecule has 0 atom stereocenters. The van der Waals surface area contributed by atoms with Crippen LogP contribution in [0.4, 0.5) is 11.6 Å². The molecule has 5 heterocycles. The number of furan rings is 1. The van der Waals surface area contributed by atoms with Crippen molar-refractivity contribution in [1.82, 2.24) is 15.0 Å². The highest BCUT2D eigenvalue weighted by Crippen LogP contribution is 2.43. The van der Waals surface area contributed by atoms with E-state index in [1.807, 2.05) is 12.1 Å². The molecule has 4 aromatic rings. The van der Waals surface area contributed by atoms with Crippen LogP contribution in [0.3, 0.4) is 0 Å². The maximum atomic E-state index is 5.55. The zero-order valence-electron chi connectivity index (χ0n) is 16.0. The second kappa shape index (κ2) is 6.96. The first-order chi connectivity index (χ1) is 14.4. The van der Waals surface area contributed by atoms with Crippen molar-refractivity contribution in [1.29, 1.82) is 0 Å². The van der Waals surface area contributed by atoms with E-state index in [0.717, 1.165) is 71.6 Å². The second-order valence-electron chi connectivity index (χ2n) is 7.46. The van der Waals surface area contributed by atoms with Crippen LogP contribution in [0.2, 0.25) is 0 Å². The first-order valence-electron chi connectivity index (χ1n) is 10.1. The standard InChI is InChI=1S/C21H21N5O2S/c1-4-14-15(5-1)20(26-6-9-27-10-7-26)25-21-16(14)17-18(29-21)19(24-12-23-17)22-11-13-3-2-8-28-13/h2-3,8,12H,1,4-7,9-11H2,(H,22,23,24). The van der Waals surface area contributed by atoms with Crippen molar-refractivity contribution < 1.29 is 9.15 Å². The Morgan fingerprint density at radius 1 is 1.14 bits per heavy atom. The molecular weight excluding hydrogens is 386 g/mol. The topological polar surface area (TPSA) is 76.3 Å². The predicted octanol–water partition coefficient (Wildman–Crippen LogP) is 3.77. The molecule has 0 aromatic carbocycles. The highest BCUT2D eigenvalue weighted by atomic mass is 32.1. The van der Waals surface area contributed by atoms with Gasteiger partial charge >= 0.3 is 0 Å². The number of nitrogens with one attached hydrogen (secondary N) is 1. The van der Waals surface area contributed by atoms with Crippen LogP contribution >= 0.6 is 11.3 Å². The molecular formula is C21H21N5O2S. The van der Waals surface area contributed by atoms with Crippen molar-refractivity contribution >= 4 is 43.4 Å². The molecule has 0 amide bonds. The molecule has 0 saturated carbocycles. The average molecular weight is 407 g/mol. The average Bonchev–Trinajstić information content (AvgIpc) is 3.51. The molecule has 0 unspecified atom stereocenters. The van der Waals surface area contributed by atoms with Crippen molar-refractivity contribution in [2.24, 2.45) is 0 Å². The van der Waals surface area contributed by atoms with Gasteiger partial charge in [0.05, 0.1) is 36.2 Å². The first-order valence-corrected chi connectivity index (χ1v) is 10.9. The van der Waals surface area contributed by atoms with Crippen LogP contribution in [0.15, 0.2) is 29.1 Å². The van der Waals surface area contributed by atoms with E-state index in [-0.39, 0.29) is 0 Å². The lowest BCUT2D eigenvalue weighted by Gasteiger charge is -2.29. The van der Waals surface area contributed by atoms with Crippen LogP contribution in [0.25, 0.3) is 20.4 Å². The quantitative estimate of drug-likeness (QED) is 0.552. The van der Waals surface area contributed by atoms with E-state index >= 15 is 0 Å². The molecule has 0 bridgehead atoms. The molecule has 0 spiro atoms. The van der Waals surface area contributed by atoms with Crippen LogP contribution in [0.5, 0.6) is 0 Å². The summed E-state index contributed by atoms with van der Waals surface area (Å²) in [6.07, 6.45) is 6.70. The van der Waals surface area contributed by atoms with Crippen molar-refractivity contribution in [2.45, 2.75) is 25.8 Å². The van der Waals surface area contributed by atoms with Crippen LogP contribution in [-0.4, -0.2) is 41.3 Å². The van der Waals surface area contributed by atoms with E-state index < -0.39 is 0 Å². The van der Waals surface area contributed by atoms with E-state index in [1.165, 1.54) is 22.9 Å². The zero-order chi connectivity index (χ0) is 19.2. The van der Waals surface area contributed by atoms with E-state index in [9.17, 15) is 0 Å². The Balaban J connectivity index is 1.48. The first kappa shape index (κ1) is 17.2. The summed E-state index contributed by atoms with van der Waals surface area (Å²) in [5.41, 5.74) is 3.85. The Hall–Kier alpha value is -2.71. The van der Waals surface area contributed by atoms with Crippen molar-refractivity contribution in [2.75, 3.05) is 36.5 Å². The number of fused-ring (bicyclic) bond motifs is 5. The van der Waals surface area contributed by atoms with Crippen LogP contribution in [0, 0.1) is 0 Å². The fraction of sp³-hybridized carbons (Fsp3) is 0.381. The summed E-state index contributed by atoms with van der Waals surface area (Å²) in [5.74, 6) is 2.87.